The average molecular weight is 278 g/mol. The van der Waals surface area contributed by atoms with Gasteiger partial charge in [0, 0.05) is 12.1 Å². The molecule has 3 nitrogen and oxygen atoms in total. The zero-order valence-electron chi connectivity index (χ0n) is 11.3. The molecular formula is C15H20ClN3. The van der Waals surface area contributed by atoms with Crippen molar-refractivity contribution in [2.24, 2.45) is 18.7 Å². The highest BCUT2D eigenvalue weighted by Gasteiger charge is 2.25. The number of halogens is 1. The van der Waals surface area contributed by atoms with Gasteiger partial charge in [0.1, 0.15) is 5.82 Å². The number of hydrogen-bond acceptors (Lipinski definition) is 2. The van der Waals surface area contributed by atoms with Crippen molar-refractivity contribution >= 4 is 22.6 Å². The van der Waals surface area contributed by atoms with Crippen molar-refractivity contribution in [2.75, 3.05) is 0 Å². The van der Waals surface area contributed by atoms with Gasteiger partial charge in [-0.3, -0.25) is 0 Å². The minimum atomic E-state index is 0.0384. The van der Waals surface area contributed by atoms with E-state index in [1.54, 1.807) is 0 Å². The van der Waals surface area contributed by atoms with E-state index in [1.807, 2.05) is 25.2 Å². The van der Waals surface area contributed by atoms with Gasteiger partial charge < -0.3 is 10.3 Å². The standard InChI is InChI=1S/C15H20ClN3/c1-19-13-8-7-11(16)9-12(13)18-15(19)14(17)10-5-3-2-4-6-10/h7-10,14H,2-6,17H2,1H3. The van der Waals surface area contributed by atoms with E-state index in [4.69, 9.17) is 22.3 Å². The molecule has 0 saturated heterocycles. The van der Waals surface area contributed by atoms with Gasteiger partial charge in [-0.05, 0) is 37.0 Å². The first-order valence-electron chi connectivity index (χ1n) is 7.04. The number of benzene rings is 1. The number of aromatic nitrogens is 2. The zero-order valence-corrected chi connectivity index (χ0v) is 12.0. The molecule has 1 atom stereocenters. The Bertz CT molecular complexity index is 584. The lowest BCUT2D eigenvalue weighted by molar-refractivity contribution is 0.298. The first kappa shape index (κ1) is 12.9. The van der Waals surface area contributed by atoms with E-state index in [0.29, 0.717) is 5.92 Å². The zero-order chi connectivity index (χ0) is 13.4. The summed E-state index contributed by atoms with van der Waals surface area (Å²) in [6.07, 6.45) is 6.40. The number of nitrogens with zero attached hydrogens (tertiary/aromatic N) is 2. The fourth-order valence-electron chi connectivity index (χ4n) is 3.19. The summed E-state index contributed by atoms with van der Waals surface area (Å²) in [6.45, 7) is 0. The van der Waals surface area contributed by atoms with Gasteiger partial charge in [-0.1, -0.05) is 30.9 Å². The van der Waals surface area contributed by atoms with Crippen molar-refractivity contribution in [1.82, 2.24) is 9.55 Å². The Morgan fingerprint density at radius 2 is 2.05 bits per heavy atom. The maximum atomic E-state index is 6.46. The van der Waals surface area contributed by atoms with Crippen LogP contribution < -0.4 is 5.73 Å². The molecule has 0 spiro atoms. The van der Waals surface area contributed by atoms with Crippen LogP contribution in [0, 0.1) is 5.92 Å². The van der Waals surface area contributed by atoms with E-state index in [1.165, 1.54) is 32.1 Å². The molecule has 3 rings (SSSR count). The van der Waals surface area contributed by atoms with Crippen LogP contribution in [0.2, 0.25) is 5.02 Å². The highest BCUT2D eigenvalue weighted by Crippen LogP contribution is 2.33. The molecule has 19 heavy (non-hydrogen) atoms. The smallest absolute Gasteiger partial charge is 0.126 e. The lowest BCUT2D eigenvalue weighted by Crippen LogP contribution is -2.26. The molecule has 2 N–H and O–H groups in total. The second-order valence-corrected chi connectivity index (χ2v) is 6.02. The Balaban J connectivity index is 1.97. The van der Waals surface area contributed by atoms with E-state index in [0.717, 1.165) is 21.9 Å². The van der Waals surface area contributed by atoms with Crippen molar-refractivity contribution in [2.45, 2.75) is 38.1 Å². The summed E-state index contributed by atoms with van der Waals surface area (Å²) in [5.41, 5.74) is 8.50. The molecule has 0 radical (unpaired) electrons. The summed E-state index contributed by atoms with van der Waals surface area (Å²) in [5.74, 6) is 1.56. The molecule has 2 aromatic rings. The summed E-state index contributed by atoms with van der Waals surface area (Å²) in [7, 11) is 2.04. The minimum Gasteiger partial charge on any atom is -0.330 e. The van der Waals surface area contributed by atoms with Crippen LogP contribution in [0.25, 0.3) is 11.0 Å². The van der Waals surface area contributed by atoms with Crippen molar-refractivity contribution in [3.05, 3.63) is 29.0 Å². The molecule has 0 aliphatic heterocycles. The lowest BCUT2D eigenvalue weighted by Gasteiger charge is -2.27. The van der Waals surface area contributed by atoms with Crippen LogP contribution in [0.5, 0.6) is 0 Å². The number of fused-ring (bicyclic) bond motifs is 1. The molecule has 102 valence electrons. The maximum Gasteiger partial charge on any atom is 0.126 e. The maximum absolute atomic E-state index is 6.46. The fraction of sp³-hybridized carbons (Fsp3) is 0.533. The van der Waals surface area contributed by atoms with Crippen molar-refractivity contribution in [3.8, 4) is 0 Å². The molecule has 1 saturated carbocycles. The van der Waals surface area contributed by atoms with E-state index in [9.17, 15) is 0 Å². The highest BCUT2D eigenvalue weighted by atomic mass is 35.5. The van der Waals surface area contributed by atoms with Crippen LogP contribution in [0.4, 0.5) is 0 Å². The summed E-state index contributed by atoms with van der Waals surface area (Å²) in [5, 5.41) is 0.725. The van der Waals surface area contributed by atoms with Gasteiger partial charge in [0.25, 0.3) is 0 Å². The predicted molar refractivity (Wildman–Crippen MR) is 79.2 cm³/mol. The largest absolute Gasteiger partial charge is 0.330 e. The van der Waals surface area contributed by atoms with Gasteiger partial charge in [0.05, 0.1) is 17.1 Å². The summed E-state index contributed by atoms with van der Waals surface area (Å²) in [4.78, 5) is 4.70. The summed E-state index contributed by atoms with van der Waals surface area (Å²) >= 11 is 6.03. The van der Waals surface area contributed by atoms with E-state index in [-0.39, 0.29) is 6.04 Å². The lowest BCUT2D eigenvalue weighted by atomic mass is 9.84. The molecule has 0 amide bonds. The third-order valence-corrected chi connectivity index (χ3v) is 4.57. The predicted octanol–water partition coefficient (Wildman–Crippen LogP) is 3.81. The van der Waals surface area contributed by atoms with Gasteiger partial charge in [-0.2, -0.15) is 0 Å². The van der Waals surface area contributed by atoms with E-state index < -0.39 is 0 Å². The molecule has 1 unspecified atom stereocenters. The number of rotatable bonds is 2. The Morgan fingerprint density at radius 3 is 2.79 bits per heavy atom. The second kappa shape index (κ2) is 5.14. The van der Waals surface area contributed by atoms with Crippen LogP contribution in [0.1, 0.15) is 44.0 Å². The first-order valence-corrected chi connectivity index (χ1v) is 7.42. The Morgan fingerprint density at radius 1 is 1.32 bits per heavy atom. The molecule has 1 heterocycles. The molecular weight excluding hydrogens is 258 g/mol. The van der Waals surface area contributed by atoms with Crippen LogP contribution in [-0.2, 0) is 7.05 Å². The SMILES string of the molecule is Cn1c(C(N)C2CCCCC2)nc2cc(Cl)ccc21. The quantitative estimate of drug-likeness (QED) is 0.907. The first-order chi connectivity index (χ1) is 9.16. The molecule has 0 bridgehead atoms. The molecule has 4 heteroatoms. The van der Waals surface area contributed by atoms with Gasteiger partial charge in [0.15, 0.2) is 0 Å². The van der Waals surface area contributed by atoms with Crippen molar-refractivity contribution < 1.29 is 0 Å². The van der Waals surface area contributed by atoms with Crippen molar-refractivity contribution in [1.29, 1.82) is 0 Å². The number of nitrogens with two attached hydrogens (primary N) is 1. The van der Waals surface area contributed by atoms with Crippen LogP contribution in [0.3, 0.4) is 0 Å². The Labute approximate surface area is 118 Å². The van der Waals surface area contributed by atoms with Gasteiger partial charge in [0.2, 0.25) is 0 Å². The summed E-state index contributed by atoms with van der Waals surface area (Å²) in [6, 6.07) is 5.87. The van der Waals surface area contributed by atoms with E-state index >= 15 is 0 Å². The molecule has 1 aromatic heterocycles. The highest BCUT2D eigenvalue weighted by molar-refractivity contribution is 6.31. The summed E-state index contributed by atoms with van der Waals surface area (Å²) < 4.78 is 2.12. The van der Waals surface area contributed by atoms with Crippen LogP contribution in [-0.4, -0.2) is 9.55 Å². The second-order valence-electron chi connectivity index (χ2n) is 5.59. The number of aryl methyl sites for hydroxylation is 1. The van der Waals surface area contributed by atoms with Crippen molar-refractivity contribution in [3.63, 3.8) is 0 Å². The molecule has 1 aliphatic carbocycles. The minimum absolute atomic E-state index is 0.0384. The average Bonchev–Trinajstić information content (AvgIpc) is 2.75. The third kappa shape index (κ3) is 2.37. The normalized spacial score (nSPS) is 18.9. The Hall–Kier alpha value is -1.06. The number of imidazole rings is 1. The Kier molecular flexibility index (Phi) is 3.50. The molecule has 1 fully saturated rings. The van der Waals surface area contributed by atoms with Gasteiger partial charge in [-0.15, -0.1) is 0 Å². The monoisotopic (exact) mass is 277 g/mol. The number of hydrogen-bond donors (Lipinski definition) is 1. The van der Waals surface area contributed by atoms with Crippen LogP contribution >= 0.6 is 11.6 Å². The van der Waals surface area contributed by atoms with Gasteiger partial charge in [-0.25, -0.2) is 4.98 Å². The fourth-order valence-corrected chi connectivity index (χ4v) is 3.36. The van der Waals surface area contributed by atoms with Crippen LogP contribution in [0.15, 0.2) is 18.2 Å². The topological polar surface area (TPSA) is 43.8 Å². The van der Waals surface area contributed by atoms with Gasteiger partial charge >= 0.3 is 0 Å². The van der Waals surface area contributed by atoms with E-state index in [2.05, 4.69) is 4.57 Å². The third-order valence-electron chi connectivity index (χ3n) is 4.33. The molecule has 1 aromatic carbocycles. The molecule has 1 aliphatic rings.